The van der Waals surface area contributed by atoms with Crippen molar-refractivity contribution in [1.82, 2.24) is 24.7 Å². The number of thiazole rings is 1. The Morgan fingerprint density at radius 2 is 2.02 bits per heavy atom. The standard InChI is InChI=1S/C27H22F2N6O3S2/c28-19-5-4-16(12-17(19)25-31-7-8-32-25)24-18(9-15-3-6-23(40(30)38)20(29)10-15)22(11-14-1-2-14)35(34-24)27-33-21(13-39-27)26(36)37/h3-8,10,12-14H,1-2,9,11H2,(H2,30,38)(H,31,32)(H,36,37)/p+1. The highest BCUT2D eigenvalue weighted by molar-refractivity contribution is 7.82. The van der Waals surface area contributed by atoms with Gasteiger partial charge in [0.2, 0.25) is 10.0 Å². The molecule has 1 fully saturated rings. The number of thiol groups is 1. The number of H-pyrrole nitrogens is 1. The number of carboxylic acid groups (broad SMARTS) is 1. The summed E-state index contributed by atoms with van der Waals surface area (Å²) >= 11 is 1.15. The molecule has 204 valence electrons. The van der Waals surface area contributed by atoms with Crippen molar-refractivity contribution in [1.29, 1.82) is 0 Å². The van der Waals surface area contributed by atoms with Crippen LogP contribution < -0.4 is 5.14 Å². The summed E-state index contributed by atoms with van der Waals surface area (Å²) < 4.78 is 42.9. The van der Waals surface area contributed by atoms with Crippen LogP contribution >= 0.6 is 11.3 Å². The molecule has 40 heavy (non-hydrogen) atoms. The first-order valence-corrected chi connectivity index (χ1v) is 14.6. The second-order valence-electron chi connectivity index (χ2n) is 9.57. The van der Waals surface area contributed by atoms with Crippen LogP contribution in [0.4, 0.5) is 8.78 Å². The van der Waals surface area contributed by atoms with Crippen molar-refractivity contribution >= 4 is 28.3 Å². The van der Waals surface area contributed by atoms with Crippen LogP contribution in [0.1, 0.15) is 40.2 Å². The molecular weight excluding hydrogens is 558 g/mol. The van der Waals surface area contributed by atoms with E-state index in [1.165, 1.54) is 29.8 Å². The molecule has 9 nitrogen and oxygen atoms in total. The first-order valence-electron chi connectivity index (χ1n) is 12.4. The van der Waals surface area contributed by atoms with Crippen LogP contribution in [0.3, 0.4) is 0 Å². The van der Waals surface area contributed by atoms with Gasteiger partial charge in [0.05, 0.1) is 17.0 Å². The predicted octanol–water partition coefficient (Wildman–Crippen LogP) is 4.83. The second kappa shape index (κ2) is 10.5. The Labute approximate surface area is 233 Å². The molecule has 0 aliphatic heterocycles. The van der Waals surface area contributed by atoms with Crippen LogP contribution in [-0.2, 0) is 28.0 Å². The molecule has 6 rings (SSSR count). The number of aromatic amines is 1. The number of carboxylic acids is 1. The van der Waals surface area contributed by atoms with Gasteiger partial charge >= 0.3 is 5.97 Å². The normalized spacial score (nSPS) is 14.0. The fourth-order valence-corrected chi connectivity index (χ4v) is 5.90. The molecule has 1 aliphatic rings. The maximum Gasteiger partial charge on any atom is 0.355 e. The molecule has 0 spiro atoms. The smallest absolute Gasteiger partial charge is 0.355 e. The van der Waals surface area contributed by atoms with Gasteiger partial charge in [0, 0.05) is 35.3 Å². The number of imidazole rings is 1. The number of benzene rings is 2. The quantitative estimate of drug-likeness (QED) is 0.168. The highest BCUT2D eigenvalue weighted by Crippen LogP contribution is 2.39. The minimum absolute atomic E-state index is 0.0570. The van der Waals surface area contributed by atoms with Gasteiger partial charge in [0.15, 0.2) is 22.5 Å². The number of rotatable bonds is 9. The minimum atomic E-state index is -2.34. The number of aromatic carboxylic acids is 1. The first kappa shape index (κ1) is 26.2. The third kappa shape index (κ3) is 5.10. The molecule has 4 N–H and O–H groups in total. The maximum absolute atomic E-state index is 14.8. The number of carbonyl (C=O) groups is 1. The fraction of sp³-hybridized carbons (Fsp3) is 0.185. The van der Waals surface area contributed by atoms with Gasteiger partial charge in [-0.25, -0.2) is 28.2 Å². The van der Waals surface area contributed by atoms with E-state index in [2.05, 4.69) is 15.0 Å². The average Bonchev–Trinajstić information content (AvgIpc) is 3.29. The van der Waals surface area contributed by atoms with Gasteiger partial charge in [-0.2, -0.15) is 5.10 Å². The van der Waals surface area contributed by atoms with E-state index < -0.39 is 28.6 Å². The fourth-order valence-electron chi connectivity index (χ4n) is 4.64. The predicted molar refractivity (Wildman–Crippen MR) is 147 cm³/mol. The molecular formula is C27H23F2N6O3S2+. The molecule has 2 aromatic carbocycles. The van der Waals surface area contributed by atoms with Crippen LogP contribution in [0.2, 0.25) is 0 Å². The third-order valence-electron chi connectivity index (χ3n) is 6.78. The number of halogens is 2. The van der Waals surface area contributed by atoms with Crippen molar-refractivity contribution in [3.05, 3.63) is 88.3 Å². The zero-order valence-corrected chi connectivity index (χ0v) is 22.6. The van der Waals surface area contributed by atoms with E-state index in [0.29, 0.717) is 40.1 Å². The average molecular weight is 582 g/mol. The van der Waals surface area contributed by atoms with Crippen LogP contribution in [0.25, 0.3) is 27.8 Å². The van der Waals surface area contributed by atoms with Crippen molar-refractivity contribution in [2.75, 3.05) is 0 Å². The number of hydrogen-bond donors (Lipinski definition) is 3. The Hall–Kier alpha value is -4.07. The lowest BCUT2D eigenvalue weighted by Crippen LogP contribution is -2.07. The van der Waals surface area contributed by atoms with E-state index in [4.69, 9.17) is 10.2 Å². The Balaban J connectivity index is 1.54. The van der Waals surface area contributed by atoms with Gasteiger partial charge in [0.25, 0.3) is 0 Å². The summed E-state index contributed by atoms with van der Waals surface area (Å²) in [7, 11) is -2.34. The monoisotopic (exact) mass is 581 g/mol. The molecule has 0 saturated heterocycles. The molecule has 1 saturated carbocycles. The Morgan fingerprint density at radius 1 is 1.20 bits per heavy atom. The molecule has 3 aromatic heterocycles. The SMILES string of the molecule is N[SH+](=O)c1ccc(Cc2c(-c3ccc(F)c(-c4ncc[nH]4)c3)nn(-c3nc(C(=O)O)cs3)c2CC2CC2)cc1F. The van der Waals surface area contributed by atoms with Crippen LogP contribution in [0.5, 0.6) is 0 Å². The lowest BCUT2D eigenvalue weighted by Gasteiger charge is -2.10. The van der Waals surface area contributed by atoms with Gasteiger partial charge in [-0.3, -0.25) is 0 Å². The maximum atomic E-state index is 14.8. The molecule has 0 bridgehead atoms. The van der Waals surface area contributed by atoms with E-state index in [1.54, 1.807) is 29.1 Å². The molecule has 5 aromatic rings. The summed E-state index contributed by atoms with van der Waals surface area (Å²) in [5.41, 5.74) is 3.51. The third-order valence-corrected chi connectivity index (χ3v) is 8.44. The highest BCUT2D eigenvalue weighted by Gasteiger charge is 2.30. The summed E-state index contributed by atoms with van der Waals surface area (Å²) in [6.07, 6.45) is 6.15. The number of aromatic nitrogens is 5. The Bertz CT molecular complexity index is 1760. The molecule has 13 heteroatoms. The van der Waals surface area contributed by atoms with Crippen LogP contribution in [0, 0.1) is 17.6 Å². The van der Waals surface area contributed by atoms with Crippen LogP contribution in [0.15, 0.2) is 59.1 Å². The minimum Gasteiger partial charge on any atom is -0.476 e. The van der Waals surface area contributed by atoms with E-state index in [-0.39, 0.29) is 22.6 Å². The van der Waals surface area contributed by atoms with Gasteiger partial charge in [-0.1, -0.05) is 10.3 Å². The largest absolute Gasteiger partial charge is 0.476 e. The number of nitrogens with two attached hydrogens (primary N) is 1. The van der Waals surface area contributed by atoms with Crippen molar-refractivity contribution in [3.63, 3.8) is 0 Å². The van der Waals surface area contributed by atoms with Gasteiger partial charge in [0.1, 0.15) is 11.6 Å². The molecule has 1 aliphatic carbocycles. The highest BCUT2D eigenvalue weighted by atomic mass is 32.2. The van der Waals surface area contributed by atoms with Crippen molar-refractivity contribution in [3.8, 4) is 27.8 Å². The van der Waals surface area contributed by atoms with Gasteiger partial charge in [-0.15, -0.1) is 16.5 Å². The van der Waals surface area contributed by atoms with Crippen molar-refractivity contribution < 1.29 is 22.9 Å². The summed E-state index contributed by atoms with van der Waals surface area (Å²) in [6, 6.07) is 9.01. The summed E-state index contributed by atoms with van der Waals surface area (Å²) in [5.74, 6) is -1.48. The second-order valence-corrected chi connectivity index (χ2v) is 11.5. The van der Waals surface area contributed by atoms with Crippen LogP contribution in [-0.4, -0.2) is 35.8 Å². The van der Waals surface area contributed by atoms with E-state index in [1.807, 2.05) is 0 Å². The molecule has 3 heterocycles. The Kier molecular flexibility index (Phi) is 6.86. The molecule has 0 radical (unpaired) electrons. The summed E-state index contributed by atoms with van der Waals surface area (Å²) in [4.78, 5) is 22.9. The van der Waals surface area contributed by atoms with E-state index in [9.17, 15) is 22.9 Å². The van der Waals surface area contributed by atoms with E-state index in [0.717, 1.165) is 35.4 Å². The molecule has 1 unspecified atom stereocenters. The number of nitrogens with one attached hydrogen (secondary N) is 1. The zero-order valence-electron chi connectivity index (χ0n) is 20.8. The van der Waals surface area contributed by atoms with Crippen molar-refractivity contribution in [2.45, 2.75) is 30.6 Å². The zero-order chi connectivity index (χ0) is 28.0. The summed E-state index contributed by atoms with van der Waals surface area (Å²) in [6.45, 7) is 0. The molecule has 0 amide bonds. The summed E-state index contributed by atoms with van der Waals surface area (Å²) in [5, 5.41) is 21.6. The van der Waals surface area contributed by atoms with Gasteiger partial charge in [-0.05, 0) is 61.1 Å². The van der Waals surface area contributed by atoms with E-state index >= 15 is 0 Å². The topological polar surface area (TPSA) is 140 Å². The number of nitrogens with zero attached hydrogens (tertiary/aromatic N) is 4. The van der Waals surface area contributed by atoms with Crippen molar-refractivity contribution in [2.24, 2.45) is 11.1 Å². The first-order chi connectivity index (χ1) is 19.3. The van der Waals surface area contributed by atoms with Gasteiger partial charge < -0.3 is 10.1 Å². The molecule has 1 atom stereocenters. The lowest BCUT2D eigenvalue weighted by atomic mass is 9.96. The Morgan fingerprint density at radius 3 is 2.67 bits per heavy atom. The lowest BCUT2D eigenvalue weighted by molar-refractivity contribution is 0.0691. The number of hydrogen-bond acceptors (Lipinski definition) is 6.